The smallest absolute Gasteiger partial charge is 0.0511 e. The number of nitrogens with zero attached hydrogens (tertiary/aromatic N) is 2. The number of anilines is 2. The predicted octanol–water partition coefficient (Wildman–Crippen LogP) is 3.31. The van der Waals surface area contributed by atoms with Crippen LogP contribution in [0, 0.1) is 0 Å². The molecule has 4 nitrogen and oxygen atoms in total. The van der Waals surface area contributed by atoms with Gasteiger partial charge < -0.3 is 10.9 Å². The van der Waals surface area contributed by atoms with Crippen molar-refractivity contribution in [2.24, 2.45) is 0 Å². The average molecular weight is 274 g/mol. The molecule has 2 heterocycles. The van der Waals surface area contributed by atoms with E-state index in [1.807, 2.05) is 0 Å². The van der Waals surface area contributed by atoms with Crippen LogP contribution in [-0.2, 0) is 0 Å². The molecule has 0 unspecified atom stereocenters. The lowest BCUT2D eigenvalue weighted by Gasteiger charge is -2.29. The van der Waals surface area contributed by atoms with Crippen LogP contribution in [0.4, 0.5) is 11.4 Å². The first-order valence-corrected chi connectivity index (χ1v) is 8.03. The van der Waals surface area contributed by atoms with Crippen LogP contribution < -0.4 is 10.9 Å². The number of hydrogen-bond donors (Lipinski definition) is 2. The van der Waals surface area contributed by atoms with E-state index in [9.17, 15) is 0 Å². The monoisotopic (exact) mass is 274 g/mol. The first-order chi connectivity index (χ1) is 9.90. The minimum absolute atomic E-state index is 1.16. The van der Waals surface area contributed by atoms with E-state index in [1.165, 1.54) is 49.9 Å². The van der Waals surface area contributed by atoms with Crippen molar-refractivity contribution in [3.05, 3.63) is 24.3 Å². The van der Waals surface area contributed by atoms with E-state index in [0.29, 0.717) is 0 Å². The molecule has 0 spiro atoms. The largest absolute Gasteiger partial charge is 0.319 e. The van der Waals surface area contributed by atoms with Crippen molar-refractivity contribution >= 4 is 11.4 Å². The second-order valence-corrected chi connectivity index (χ2v) is 5.90. The van der Waals surface area contributed by atoms with Crippen molar-refractivity contribution in [1.29, 1.82) is 0 Å². The van der Waals surface area contributed by atoms with Gasteiger partial charge in [0.1, 0.15) is 0 Å². The van der Waals surface area contributed by atoms with Gasteiger partial charge in [0.25, 0.3) is 0 Å². The summed E-state index contributed by atoms with van der Waals surface area (Å²) in [6.07, 6.45) is 7.96. The third-order valence-electron chi connectivity index (χ3n) is 4.15. The molecule has 2 N–H and O–H groups in total. The van der Waals surface area contributed by atoms with Gasteiger partial charge in [-0.05, 0) is 43.9 Å². The molecule has 110 valence electrons. The molecule has 1 aromatic rings. The maximum atomic E-state index is 3.53. The molecule has 0 bridgehead atoms. The second kappa shape index (κ2) is 6.95. The van der Waals surface area contributed by atoms with E-state index < -0.39 is 0 Å². The Kier molecular flexibility index (Phi) is 4.77. The second-order valence-electron chi connectivity index (χ2n) is 5.90. The maximum Gasteiger partial charge on any atom is 0.0511 e. The normalized spacial score (nSPS) is 21.6. The summed E-state index contributed by atoms with van der Waals surface area (Å²) in [7, 11) is 0. The van der Waals surface area contributed by atoms with Gasteiger partial charge in [-0.15, -0.1) is 0 Å². The molecule has 2 aliphatic heterocycles. The topological polar surface area (TPSA) is 30.5 Å². The van der Waals surface area contributed by atoms with Gasteiger partial charge in [0.2, 0.25) is 0 Å². The fraction of sp³-hybridized carbons (Fsp3) is 0.625. The fourth-order valence-corrected chi connectivity index (χ4v) is 3.03. The average Bonchev–Trinajstić information content (AvgIpc) is 2.50. The molecule has 0 radical (unpaired) electrons. The molecule has 0 aromatic heterocycles. The Hall–Kier alpha value is -1.26. The Morgan fingerprint density at radius 1 is 0.650 bits per heavy atom. The number of benzene rings is 1. The standard InChI is InChI=1S/C16H26N4/c1-3-10-19(11-4-1)17-15-8-7-9-16(14-15)18-20-12-5-2-6-13-20/h7-9,14,17-18H,1-6,10-13H2. The predicted molar refractivity (Wildman–Crippen MR) is 84.5 cm³/mol. The number of piperidine rings is 2. The van der Waals surface area contributed by atoms with Crippen LogP contribution in [0.5, 0.6) is 0 Å². The van der Waals surface area contributed by atoms with E-state index in [0.717, 1.165) is 26.2 Å². The Morgan fingerprint density at radius 3 is 1.55 bits per heavy atom. The molecule has 20 heavy (non-hydrogen) atoms. The van der Waals surface area contributed by atoms with Crippen LogP contribution in [0.2, 0.25) is 0 Å². The van der Waals surface area contributed by atoms with Gasteiger partial charge >= 0.3 is 0 Å². The minimum atomic E-state index is 1.16. The van der Waals surface area contributed by atoms with Gasteiger partial charge in [-0.2, -0.15) is 0 Å². The molecule has 2 saturated heterocycles. The Morgan fingerprint density at radius 2 is 1.10 bits per heavy atom. The highest BCUT2D eigenvalue weighted by Crippen LogP contribution is 2.19. The Balaban J connectivity index is 1.57. The van der Waals surface area contributed by atoms with Crippen LogP contribution >= 0.6 is 0 Å². The lowest BCUT2D eigenvalue weighted by atomic mass is 10.2. The summed E-state index contributed by atoms with van der Waals surface area (Å²) in [6.45, 7) is 4.63. The number of nitrogens with one attached hydrogen (secondary N) is 2. The molecule has 0 aliphatic carbocycles. The third kappa shape index (κ3) is 3.87. The van der Waals surface area contributed by atoms with Crippen molar-refractivity contribution in [2.75, 3.05) is 37.0 Å². The van der Waals surface area contributed by atoms with E-state index in [4.69, 9.17) is 0 Å². The number of rotatable bonds is 4. The molecular weight excluding hydrogens is 248 g/mol. The summed E-state index contributed by atoms with van der Waals surface area (Å²) in [6, 6.07) is 8.63. The van der Waals surface area contributed by atoms with Gasteiger partial charge in [-0.3, -0.25) is 0 Å². The molecule has 0 saturated carbocycles. The van der Waals surface area contributed by atoms with Crippen LogP contribution in [-0.4, -0.2) is 36.2 Å². The molecule has 3 rings (SSSR count). The van der Waals surface area contributed by atoms with E-state index in [2.05, 4.69) is 45.1 Å². The summed E-state index contributed by atoms with van der Waals surface area (Å²) in [5, 5.41) is 4.67. The van der Waals surface area contributed by atoms with Gasteiger partial charge in [0, 0.05) is 26.2 Å². The molecule has 0 amide bonds. The summed E-state index contributed by atoms with van der Waals surface area (Å²) in [4.78, 5) is 0. The number of hydrogen-bond acceptors (Lipinski definition) is 4. The quantitative estimate of drug-likeness (QED) is 0.882. The summed E-state index contributed by atoms with van der Waals surface area (Å²) >= 11 is 0. The Bertz CT molecular complexity index is 373. The first kappa shape index (κ1) is 13.7. The van der Waals surface area contributed by atoms with Gasteiger partial charge in [0.05, 0.1) is 11.4 Å². The van der Waals surface area contributed by atoms with E-state index in [-0.39, 0.29) is 0 Å². The maximum absolute atomic E-state index is 3.53. The van der Waals surface area contributed by atoms with Gasteiger partial charge in [-0.1, -0.05) is 18.9 Å². The first-order valence-electron chi connectivity index (χ1n) is 8.03. The molecule has 2 aliphatic rings. The highest BCUT2D eigenvalue weighted by molar-refractivity contribution is 5.55. The zero-order valence-corrected chi connectivity index (χ0v) is 12.3. The fourth-order valence-electron chi connectivity index (χ4n) is 3.03. The summed E-state index contributed by atoms with van der Waals surface area (Å²) in [5.41, 5.74) is 9.44. The molecule has 1 aromatic carbocycles. The third-order valence-corrected chi connectivity index (χ3v) is 4.15. The summed E-state index contributed by atoms with van der Waals surface area (Å²) < 4.78 is 0. The van der Waals surface area contributed by atoms with Crippen molar-refractivity contribution in [3.8, 4) is 0 Å². The van der Waals surface area contributed by atoms with Crippen molar-refractivity contribution in [3.63, 3.8) is 0 Å². The lowest BCUT2D eigenvalue weighted by Crippen LogP contribution is -2.35. The van der Waals surface area contributed by atoms with Crippen LogP contribution in [0.3, 0.4) is 0 Å². The van der Waals surface area contributed by atoms with Crippen molar-refractivity contribution in [2.45, 2.75) is 38.5 Å². The van der Waals surface area contributed by atoms with Crippen molar-refractivity contribution < 1.29 is 0 Å². The van der Waals surface area contributed by atoms with Crippen LogP contribution in [0.1, 0.15) is 38.5 Å². The summed E-state index contributed by atoms with van der Waals surface area (Å²) in [5.74, 6) is 0. The minimum Gasteiger partial charge on any atom is -0.319 e. The molecule has 0 atom stereocenters. The van der Waals surface area contributed by atoms with Crippen LogP contribution in [0.25, 0.3) is 0 Å². The molecule has 2 fully saturated rings. The van der Waals surface area contributed by atoms with Gasteiger partial charge in [0.15, 0.2) is 0 Å². The Labute approximate surface area is 122 Å². The SMILES string of the molecule is c1cc(NN2CCCCC2)cc(NN2CCCCC2)c1. The van der Waals surface area contributed by atoms with Crippen LogP contribution in [0.15, 0.2) is 24.3 Å². The number of hydrazine groups is 2. The van der Waals surface area contributed by atoms with E-state index in [1.54, 1.807) is 0 Å². The highest BCUT2D eigenvalue weighted by Gasteiger charge is 2.11. The molecule has 4 heteroatoms. The highest BCUT2D eigenvalue weighted by atomic mass is 15.5. The van der Waals surface area contributed by atoms with E-state index >= 15 is 0 Å². The lowest BCUT2D eigenvalue weighted by molar-refractivity contribution is 0.272. The molecular formula is C16H26N4. The van der Waals surface area contributed by atoms with Gasteiger partial charge in [-0.25, -0.2) is 10.0 Å². The van der Waals surface area contributed by atoms with Crippen molar-refractivity contribution in [1.82, 2.24) is 10.0 Å². The zero-order valence-electron chi connectivity index (χ0n) is 12.3. The zero-order chi connectivity index (χ0) is 13.6.